The summed E-state index contributed by atoms with van der Waals surface area (Å²) in [6, 6.07) is 12.2. The van der Waals surface area contributed by atoms with E-state index in [1.165, 1.54) is 6.07 Å². The van der Waals surface area contributed by atoms with Gasteiger partial charge >= 0.3 is 5.97 Å². The highest BCUT2D eigenvalue weighted by Crippen LogP contribution is 2.23. The molecule has 0 radical (unpaired) electrons. The lowest BCUT2D eigenvalue weighted by Gasteiger charge is -2.07. The van der Waals surface area contributed by atoms with E-state index >= 15 is 0 Å². The fourth-order valence-corrected chi connectivity index (χ4v) is 2.74. The number of fused-ring (bicyclic) bond motifs is 1. The Kier molecular flexibility index (Phi) is 4.76. The Morgan fingerprint density at radius 1 is 1.08 bits per heavy atom. The van der Waals surface area contributed by atoms with Crippen LogP contribution in [0.4, 0.5) is 5.69 Å². The minimum atomic E-state index is -0.706. The zero-order valence-corrected chi connectivity index (χ0v) is 14.5. The number of anilines is 1. The average Bonchev–Trinajstić information content (AvgIpc) is 2.94. The maximum atomic E-state index is 12.0. The zero-order valence-electron chi connectivity index (χ0n) is 13.8. The van der Waals surface area contributed by atoms with Gasteiger partial charge in [0.05, 0.1) is 0 Å². The Morgan fingerprint density at radius 3 is 2.52 bits per heavy atom. The van der Waals surface area contributed by atoms with Gasteiger partial charge < -0.3 is 14.5 Å². The van der Waals surface area contributed by atoms with E-state index in [1.807, 2.05) is 32.0 Å². The maximum Gasteiger partial charge on any atom is 0.374 e. The molecule has 0 atom stereocenters. The van der Waals surface area contributed by atoms with Crippen molar-refractivity contribution in [2.75, 3.05) is 11.9 Å². The van der Waals surface area contributed by atoms with Crippen LogP contribution in [0.25, 0.3) is 11.0 Å². The van der Waals surface area contributed by atoms with Crippen LogP contribution in [-0.4, -0.2) is 18.5 Å². The van der Waals surface area contributed by atoms with Crippen molar-refractivity contribution in [1.82, 2.24) is 0 Å². The molecule has 0 aliphatic rings. The van der Waals surface area contributed by atoms with Crippen molar-refractivity contribution in [2.24, 2.45) is 0 Å². The number of furan rings is 1. The van der Waals surface area contributed by atoms with Gasteiger partial charge in [-0.25, -0.2) is 4.79 Å². The molecule has 0 fully saturated rings. The monoisotopic (exact) mass is 357 g/mol. The van der Waals surface area contributed by atoms with Crippen LogP contribution in [-0.2, 0) is 9.53 Å². The Labute approximate surface area is 149 Å². The molecular weight excluding hydrogens is 342 g/mol. The van der Waals surface area contributed by atoms with Crippen molar-refractivity contribution in [3.63, 3.8) is 0 Å². The molecule has 0 aliphatic heterocycles. The molecule has 1 aromatic heterocycles. The fraction of sp³-hybridized carbons (Fsp3) is 0.158. The van der Waals surface area contributed by atoms with E-state index < -0.39 is 18.5 Å². The predicted octanol–water partition coefficient (Wildman–Crippen LogP) is 4.50. The first kappa shape index (κ1) is 17.0. The van der Waals surface area contributed by atoms with Crippen LogP contribution < -0.4 is 5.32 Å². The number of hydrogen-bond donors (Lipinski definition) is 1. The normalized spacial score (nSPS) is 10.7. The van der Waals surface area contributed by atoms with E-state index in [1.54, 1.807) is 18.2 Å². The smallest absolute Gasteiger partial charge is 0.374 e. The highest BCUT2D eigenvalue weighted by Gasteiger charge is 2.16. The third kappa shape index (κ3) is 4.19. The van der Waals surface area contributed by atoms with E-state index in [0.717, 1.165) is 11.1 Å². The van der Waals surface area contributed by atoms with Crippen molar-refractivity contribution in [3.05, 3.63) is 64.4 Å². The summed E-state index contributed by atoms with van der Waals surface area (Å²) in [6.07, 6.45) is 0. The number of esters is 1. The molecule has 1 amide bonds. The van der Waals surface area contributed by atoms with Crippen molar-refractivity contribution in [3.8, 4) is 0 Å². The second kappa shape index (κ2) is 6.99. The van der Waals surface area contributed by atoms with Crippen LogP contribution in [0.5, 0.6) is 0 Å². The zero-order chi connectivity index (χ0) is 18.0. The minimum Gasteiger partial charge on any atom is -0.450 e. The summed E-state index contributed by atoms with van der Waals surface area (Å²) in [5.74, 6) is -1.10. The van der Waals surface area contributed by atoms with E-state index in [2.05, 4.69) is 5.32 Å². The first-order valence-electron chi connectivity index (χ1n) is 7.65. The van der Waals surface area contributed by atoms with Gasteiger partial charge in [0.25, 0.3) is 5.91 Å². The first-order chi connectivity index (χ1) is 11.9. The molecular formula is C19H16ClNO4. The number of carbonyl (C=O) groups excluding carboxylic acids is 2. The van der Waals surface area contributed by atoms with Gasteiger partial charge in [0.2, 0.25) is 5.76 Å². The van der Waals surface area contributed by atoms with Crippen LogP contribution in [0, 0.1) is 13.8 Å². The van der Waals surface area contributed by atoms with Gasteiger partial charge in [0.15, 0.2) is 6.61 Å². The van der Waals surface area contributed by atoms with Gasteiger partial charge in [0, 0.05) is 16.1 Å². The molecule has 3 rings (SSSR count). The van der Waals surface area contributed by atoms with Crippen LogP contribution >= 0.6 is 11.6 Å². The second-order valence-electron chi connectivity index (χ2n) is 5.79. The van der Waals surface area contributed by atoms with Crippen molar-refractivity contribution in [2.45, 2.75) is 13.8 Å². The number of hydrogen-bond acceptors (Lipinski definition) is 4. The summed E-state index contributed by atoms with van der Waals surface area (Å²) in [6.45, 7) is 3.48. The van der Waals surface area contributed by atoms with Gasteiger partial charge in [-0.2, -0.15) is 0 Å². The lowest BCUT2D eigenvalue weighted by atomic mass is 10.1. The second-order valence-corrected chi connectivity index (χ2v) is 6.23. The largest absolute Gasteiger partial charge is 0.450 e. The molecule has 128 valence electrons. The summed E-state index contributed by atoms with van der Waals surface area (Å²) in [5.41, 5.74) is 3.26. The molecule has 0 spiro atoms. The molecule has 5 nitrogen and oxygen atoms in total. The molecule has 6 heteroatoms. The van der Waals surface area contributed by atoms with Crippen LogP contribution in [0.15, 0.2) is 46.9 Å². The number of rotatable bonds is 4. The highest BCUT2D eigenvalue weighted by atomic mass is 35.5. The summed E-state index contributed by atoms with van der Waals surface area (Å²) in [4.78, 5) is 24.0. The lowest BCUT2D eigenvalue weighted by molar-refractivity contribution is -0.119. The number of halogens is 1. The number of carbonyl (C=O) groups is 2. The van der Waals surface area contributed by atoms with Crippen LogP contribution in [0.3, 0.4) is 0 Å². The summed E-state index contributed by atoms with van der Waals surface area (Å²) in [5, 5.41) is 3.94. The summed E-state index contributed by atoms with van der Waals surface area (Å²) < 4.78 is 10.4. The molecule has 3 aromatic rings. The molecule has 25 heavy (non-hydrogen) atoms. The van der Waals surface area contributed by atoms with Crippen molar-refractivity contribution < 1.29 is 18.7 Å². The van der Waals surface area contributed by atoms with E-state index in [0.29, 0.717) is 21.7 Å². The third-order valence-corrected chi connectivity index (χ3v) is 3.75. The minimum absolute atomic E-state index is 0.0245. The number of ether oxygens (including phenoxy) is 1. The number of aryl methyl sites for hydroxylation is 2. The van der Waals surface area contributed by atoms with E-state index in [-0.39, 0.29) is 5.76 Å². The maximum absolute atomic E-state index is 12.0. The van der Waals surface area contributed by atoms with Gasteiger partial charge in [-0.15, -0.1) is 0 Å². The van der Waals surface area contributed by atoms with E-state index in [9.17, 15) is 9.59 Å². The Bertz CT molecular complexity index is 941. The standard InChI is InChI=1S/C19H16ClNO4/c1-11-5-12(2)7-15(6-11)21-18(22)10-24-19(23)17-9-13-8-14(20)3-4-16(13)25-17/h3-9H,10H2,1-2H3,(H,21,22). The summed E-state index contributed by atoms with van der Waals surface area (Å²) >= 11 is 5.90. The summed E-state index contributed by atoms with van der Waals surface area (Å²) in [7, 11) is 0. The SMILES string of the molecule is Cc1cc(C)cc(NC(=O)COC(=O)c2cc3cc(Cl)ccc3o2)c1. The predicted molar refractivity (Wildman–Crippen MR) is 96.1 cm³/mol. The molecule has 1 N–H and O–H groups in total. The fourth-order valence-electron chi connectivity index (χ4n) is 2.56. The number of nitrogens with one attached hydrogen (secondary N) is 1. The molecule has 0 aliphatic carbocycles. The van der Waals surface area contributed by atoms with Crippen LogP contribution in [0.2, 0.25) is 5.02 Å². The lowest BCUT2D eigenvalue weighted by Crippen LogP contribution is -2.20. The van der Waals surface area contributed by atoms with Gasteiger partial charge in [-0.05, 0) is 61.4 Å². The molecule has 0 saturated carbocycles. The molecule has 0 unspecified atom stereocenters. The number of amides is 1. The Balaban J connectivity index is 1.61. The Morgan fingerprint density at radius 2 is 1.80 bits per heavy atom. The van der Waals surface area contributed by atoms with Crippen molar-refractivity contribution >= 4 is 40.1 Å². The Hall–Kier alpha value is -2.79. The topological polar surface area (TPSA) is 68.5 Å². The van der Waals surface area contributed by atoms with Crippen LogP contribution in [0.1, 0.15) is 21.7 Å². The first-order valence-corrected chi connectivity index (χ1v) is 8.03. The van der Waals surface area contributed by atoms with Gasteiger partial charge in [-0.3, -0.25) is 4.79 Å². The average molecular weight is 358 g/mol. The highest BCUT2D eigenvalue weighted by molar-refractivity contribution is 6.31. The molecule has 0 saturated heterocycles. The van der Waals surface area contributed by atoms with Crippen molar-refractivity contribution in [1.29, 1.82) is 0 Å². The molecule has 1 heterocycles. The molecule has 0 bridgehead atoms. The van der Waals surface area contributed by atoms with E-state index in [4.69, 9.17) is 20.8 Å². The number of benzene rings is 2. The molecule has 2 aromatic carbocycles. The quantitative estimate of drug-likeness (QED) is 0.698. The van der Waals surface area contributed by atoms with Gasteiger partial charge in [-0.1, -0.05) is 17.7 Å². The van der Waals surface area contributed by atoms with Gasteiger partial charge in [0.1, 0.15) is 5.58 Å². The third-order valence-electron chi connectivity index (χ3n) is 3.52.